The van der Waals surface area contributed by atoms with Crippen molar-refractivity contribution in [3.63, 3.8) is 0 Å². The number of rotatable bonds is 3. The van der Waals surface area contributed by atoms with Gasteiger partial charge in [-0.2, -0.15) is 0 Å². The number of hydrogen-bond donors (Lipinski definition) is 1. The molecule has 0 atom stereocenters. The predicted octanol–water partition coefficient (Wildman–Crippen LogP) is 4.43. The van der Waals surface area contributed by atoms with Crippen LogP contribution < -0.4 is 0 Å². The maximum Gasteiger partial charge on any atom is 0.177 e. The first-order valence-corrected chi connectivity index (χ1v) is 6.79. The van der Waals surface area contributed by atoms with Crippen LogP contribution in [0.15, 0.2) is 47.0 Å². The lowest BCUT2D eigenvalue weighted by molar-refractivity contribution is 0.281. The molecule has 3 aromatic rings. The third-order valence-corrected chi connectivity index (χ3v) is 3.57. The number of aromatic nitrogens is 1. The molecular formula is C16H10ClF2NO2. The molecule has 112 valence electrons. The number of benzene rings is 2. The van der Waals surface area contributed by atoms with Gasteiger partial charge in [-0.25, -0.2) is 8.78 Å². The minimum atomic E-state index is -0.580. The van der Waals surface area contributed by atoms with Crippen LogP contribution >= 0.6 is 11.6 Å². The van der Waals surface area contributed by atoms with E-state index in [2.05, 4.69) is 5.16 Å². The molecule has 0 unspecified atom stereocenters. The molecule has 3 rings (SSSR count). The lowest BCUT2D eigenvalue weighted by Gasteiger charge is -2.04. The van der Waals surface area contributed by atoms with Crippen molar-refractivity contribution >= 4 is 11.6 Å². The van der Waals surface area contributed by atoms with Gasteiger partial charge in [-0.1, -0.05) is 22.8 Å². The van der Waals surface area contributed by atoms with Crippen molar-refractivity contribution in [2.45, 2.75) is 6.61 Å². The Balaban J connectivity index is 2.18. The van der Waals surface area contributed by atoms with Crippen LogP contribution in [0.4, 0.5) is 8.78 Å². The average molecular weight is 322 g/mol. The van der Waals surface area contributed by atoms with Crippen molar-refractivity contribution in [3.05, 3.63) is 64.7 Å². The molecule has 0 bridgehead atoms. The maximum absolute atomic E-state index is 14.0. The lowest BCUT2D eigenvalue weighted by atomic mass is 10.0. The Hall–Kier alpha value is -2.24. The normalized spacial score (nSPS) is 10.9. The highest BCUT2D eigenvalue weighted by atomic mass is 35.5. The summed E-state index contributed by atoms with van der Waals surface area (Å²) in [5, 5.41) is 13.6. The second kappa shape index (κ2) is 5.87. The van der Waals surface area contributed by atoms with Gasteiger partial charge in [-0.15, -0.1) is 0 Å². The van der Waals surface area contributed by atoms with Crippen LogP contribution in [-0.2, 0) is 6.61 Å². The van der Waals surface area contributed by atoms with Crippen molar-refractivity contribution < 1.29 is 18.4 Å². The third-order valence-electron chi connectivity index (χ3n) is 3.25. The molecule has 0 radical (unpaired) electrons. The summed E-state index contributed by atoms with van der Waals surface area (Å²) < 4.78 is 32.2. The predicted molar refractivity (Wildman–Crippen MR) is 78.2 cm³/mol. The molecule has 3 nitrogen and oxygen atoms in total. The summed E-state index contributed by atoms with van der Waals surface area (Å²) in [6, 6.07) is 9.75. The molecule has 0 spiro atoms. The fourth-order valence-electron chi connectivity index (χ4n) is 2.20. The van der Waals surface area contributed by atoms with E-state index in [-0.39, 0.29) is 16.3 Å². The highest BCUT2D eigenvalue weighted by molar-refractivity contribution is 6.33. The van der Waals surface area contributed by atoms with Crippen molar-refractivity contribution in [1.82, 2.24) is 5.16 Å². The van der Waals surface area contributed by atoms with Crippen molar-refractivity contribution in [3.8, 4) is 22.6 Å². The van der Waals surface area contributed by atoms with E-state index < -0.39 is 18.2 Å². The minimum Gasteiger partial charge on any atom is -0.391 e. The molecule has 22 heavy (non-hydrogen) atoms. The minimum absolute atomic E-state index is 0.0362. The first-order valence-electron chi connectivity index (χ1n) is 6.41. The number of halogens is 3. The summed E-state index contributed by atoms with van der Waals surface area (Å²) in [4.78, 5) is 0. The maximum atomic E-state index is 14.0. The Morgan fingerprint density at radius 2 is 1.82 bits per heavy atom. The molecule has 0 aliphatic carbocycles. The summed E-state index contributed by atoms with van der Waals surface area (Å²) in [6.45, 7) is -0.420. The van der Waals surface area contributed by atoms with E-state index in [1.165, 1.54) is 42.5 Å². The van der Waals surface area contributed by atoms with Crippen LogP contribution in [0.5, 0.6) is 0 Å². The smallest absolute Gasteiger partial charge is 0.177 e. The van der Waals surface area contributed by atoms with Gasteiger partial charge in [0.2, 0.25) is 0 Å². The van der Waals surface area contributed by atoms with E-state index in [1.807, 2.05) is 0 Å². The fourth-order valence-corrected chi connectivity index (χ4v) is 2.45. The van der Waals surface area contributed by atoms with Gasteiger partial charge in [0.1, 0.15) is 17.3 Å². The molecule has 2 aromatic carbocycles. The van der Waals surface area contributed by atoms with Crippen LogP contribution in [0.25, 0.3) is 22.6 Å². The molecule has 0 saturated heterocycles. The van der Waals surface area contributed by atoms with Gasteiger partial charge in [-0.05, 0) is 36.4 Å². The van der Waals surface area contributed by atoms with Gasteiger partial charge in [-0.3, -0.25) is 0 Å². The topological polar surface area (TPSA) is 46.3 Å². The summed E-state index contributed by atoms with van der Waals surface area (Å²) in [5.74, 6) is -0.913. The molecule has 1 N–H and O–H groups in total. The monoisotopic (exact) mass is 321 g/mol. The first kappa shape index (κ1) is 14.7. The van der Waals surface area contributed by atoms with Gasteiger partial charge in [0.25, 0.3) is 0 Å². The van der Waals surface area contributed by atoms with Crippen LogP contribution in [0.1, 0.15) is 5.56 Å². The van der Waals surface area contributed by atoms with E-state index in [0.29, 0.717) is 16.8 Å². The lowest BCUT2D eigenvalue weighted by Crippen LogP contribution is -1.92. The molecule has 6 heteroatoms. The molecule has 1 heterocycles. The van der Waals surface area contributed by atoms with Crippen molar-refractivity contribution in [2.24, 2.45) is 0 Å². The molecule has 0 fully saturated rings. The van der Waals surface area contributed by atoms with Crippen molar-refractivity contribution in [2.75, 3.05) is 0 Å². The quantitative estimate of drug-likeness (QED) is 0.776. The molecule has 0 aliphatic rings. The first-order chi connectivity index (χ1) is 10.6. The van der Waals surface area contributed by atoms with Crippen LogP contribution in [0, 0.1) is 11.6 Å². The zero-order valence-electron chi connectivity index (χ0n) is 11.2. The number of hydrogen-bond acceptors (Lipinski definition) is 3. The van der Waals surface area contributed by atoms with E-state index in [0.717, 1.165) is 0 Å². The van der Waals surface area contributed by atoms with E-state index in [9.17, 15) is 13.9 Å². The van der Waals surface area contributed by atoms with Crippen LogP contribution in [-0.4, -0.2) is 10.3 Å². The summed E-state index contributed by atoms with van der Waals surface area (Å²) in [5.41, 5.74) is 1.19. The van der Waals surface area contributed by atoms with Gasteiger partial charge < -0.3 is 9.63 Å². The number of aliphatic hydroxyl groups is 1. The molecular weight excluding hydrogens is 312 g/mol. The van der Waals surface area contributed by atoms with E-state index in [4.69, 9.17) is 16.1 Å². The van der Waals surface area contributed by atoms with Crippen molar-refractivity contribution in [1.29, 1.82) is 0 Å². The highest BCUT2D eigenvalue weighted by Crippen LogP contribution is 2.37. The Labute approximate surface area is 129 Å². The highest BCUT2D eigenvalue weighted by Gasteiger charge is 2.22. The zero-order chi connectivity index (χ0) is 15.7. The van der Waals surface area contributed by atoms with Crippen LogP contribution in [0.2, 0.25) is 5.02 Å². The Kier molecular flexibility index (Phi) is 3.92. The number of nitrogens with zero attached hydrogens (tertiary/aromatic N) is 1. The van der Waals surface area contributed by atoms with Gasteiger partial charge in [0.05, 0.1) is 22.8 Å². The van der Waals surface area contributed by atoms with E-state index >= 15 is 0 Å². The van der Waals surface area contributed by atoms with Gasteiger partial charge in [0, 0.05) is 5.56 Å². The Morgan fingerprint density at radius 1 is 1.09 bits per heavy atom. The Bertz CT molecular complexity index is 795. The second-order valence-corrected chi connectivity index (χ2v) is 5.01. The second-order valence-electron chi connectivity index (χ2n) is 4.60. The summed E-state index contributed by atoms with van der Waals surface area (Å²) >= 11 is 6.01. The average Bonchev–Trinajstić information content (AvgIpc) is 2.91. The van der Waals surface area contributed by atoms with Crippen LogP contribution in [0.3, 0.4) is 0 Å². The standard InChI is InChI=1S/C16H10ClF2NO2/c17-12-2-1-3-13(19)14(12)16-11(8-21)15(20-22-16)9-4-6-10(18)7-5-9/h1-7,21H,8H2. The number of aliphatic hydroxyl groups excluding tert-OH is 1. The summed E-state index contributed by atoms with van der Waals surface area (Å²) in [7, 11) is 0. The molecule has 0 amide bonds. The summed E-state index contributed by atoms with van der Waals surface area (Å²) in [6.07, 6.45) is 0. The largest absolute Gasteiger partial charge is 0.391 e. The van der Waals surface area contributed by atoms with Gasteiger partial charge in [0.15, 0.2) is 5.76 Å². The Morgan fingerprint density at radius 3 is 2.45 bits per heavy atom. The van der Waals surface area contributed by atoms with E-state index in [1.54, 1.807) is 0 Å². The molecule has 0 aliphatic heterocycles. The fraction of sp³-hybridized carbons (Fsp3) is 0.0625. The third kappa shape index (κ3) is 2.49. The molecule has 0 saturated carbocycles. The van der Waals surface area contributed by atoms with Gasteiger partial charge >= 0.3 is 0 Å². The zero-order valence-corrected chi connectivity index (χ0v) is 11.9. The molecule has 1 aromatic heterocycles. The SMILES string of the molecule is OCc1c(-c2ccc(F)cc2)noc1-c1c(F)cccc1Cl.